The van der Waals surface area contributed by atoms with Crippen LogP contribution >= 0.6 is 0 Å². The van der Waals surface area contributed by atoms with Crippen LogP contribution in [0.5, 0.6) is 0 Å². The van der Waals surface area contributed by atoms with E-state index in [0.29, 0.717) is 6.10 Å². The van der Waals surface area contributed by atoms with Gasteiger partial charge in [-0.3, -0.25) is 0 Å². The standard InChI is InChI=1S/C11H22O2/c1-2-3-4-5-6-7-11-10-12-8-9-13-11/h11H,2-10H2,1H3. The average Bonchev–Trinajstić information content (AvgIpc) is 2.19. The average molecular weight is 186 g/mol. The SMILES string of the molecule is CCCCCCCC1COCCO1. The minimum Gasteiger partial charge on any atom is -0.376 e. The van der Waals surface area contributed by atoms with Gasteiger partial charge in [0.15, 0.2) is 0 Å². The van der Waals surface area contributed by atoms with E-state index >= 15 is 0 Å². The van der Waals surface area contributed by atoms with Gasteiger partial charge in [0, 0.05) is 0 Å². The Morgan fingerprint density at radius 2 is 1.92 bits per heavy atom. The van der Waals surface area contributed by atoms with Gasteiger partial charge in [-0.25, -0.2) is 0 Å². The lowest BCUT2D eigenvalue weighted by Crippen LogP contribution is -2.28. The first-order valence-corrected chi connectivity index (χ1v) is 5.63. The second-order valence-electron chi connectivity index (χ2n) is 3.77. The van der Waals surface area contributed by atoms with Crippen LogP contribution in [0.1, 0.15) is 45.4 Å². The summed E-state index contributed by atoms with van der Waals surface area (Å²) in [5, 5.41) is 0. The molecule has 0 aliphatic carbocycles. The van der Waals surface area contributed by atoms with Crippen LogP contribution in [0.15, 0.2) is 0 Å². The highest BCUT2D eigenvalue weighted by atomic mass is 16.6. The zero-order chi connectivity index (χ0) is 9.36. The van der Waals surface area contributed by atoms with Gasteiger partial charge in [0.1, 0.15) is 0 Å². The third-order valence-electron chi connectivity index (χ3n) is 2.51. The quantitative estimate of drug-likeness (QED) is 0.594. The lowest BCUT2D eigenvalue weighted by molar-refractivity contribution is -0.0912. The van der Waals surface area contributed by atoms with Crippen LogP contribution in [0.25, 0.3) is 0 Å². The molecule has 1 atom stereocenters. The first-order valence-electron chi connectivity index (χ1n) is 5.63. The van der Waals surface area contributed by atoms with Crippen molar-refractivity contribution in [1.29, 1.82) is 0 Å². The maximum Gasteiger partial charge on any atom is 0.0809 e. The molecule has 1 aliphatic rings. The van der Waals surface area contributed by atoms with E-state index in [9.17, 15) is 0 Å². The Morgan fingerprint density at radius 3 is 2.62 bits per heavy atom. The molecule has 1 fully saturated rings. The summed E-state index contributed by atoms with van der Waals surface area (Å²) < 4.78 is 10.9. The molecule has 13 heavy (non-hydrogen) atoms. The second kappa shape index (κ2) is 7.34. The van der Waals surface area contributed by atoms with Gasteiger partial charge >= 0.3 is 0 Å². The summed E-state index contributed by atoms with van der Waals surface area (Å²) >= 11 is 0. The minimum atomic E-state index is 0.385. The van der Waals surface area contributed by atoms with E-state index in [4.69, 9.17) is 9.47 Å². The molecule has 1 heterocycles. The fourth-order valence-electron chi connectivity index (χ4n) is 1.68. The molecule has 0 bridgehead atoms. The molecule has 0 amide bonds. The highest BCUT2D eigenvalue weighted by Gasteiger charge is 2.12. The predicted molar refractivity (Wildman–Crippen MR) is 53.9 cm³/mol. The lowest BCUT2D eigenvalue weighted by Gasteiger charge is -2.22. The topological polar surface area (TPSA) is 18.5 Å². The predicted octanol–water partition coefficient (Wildman–Crippen LogP) is 2.76. The molecule has 0 aromatic heterocycles. The van der Waals surface area contributed by atoms with Gasteiger partial charge < -0.3 is 9.47 Å². The number of hydrogen-bond donors (Lipinski definition) is 0. The highest BCUT2D eigenvalue weighted by molar-refractivity contribution is 4.60. The zero-order valence-electron chi connectivity index (χ0n) is 8.76. The fraction of sp³-hybridized carbons (Fsp3) is 1.00. The van der Waals surface area contributed by atoms with Gasteiger partial charge in [-0.2, -0.15) is 0 Å². The van der Waals surface area contributed by atoms with E-state index < -0.39 is 0 Å². The van der Waals surface area contributed by atoms with Crippen LogP contribution in [0, 0.1) is 0 Å². The molecule has 1 saturated heterocycles. The van der Waals surface area contributed by atoms with Gasteiger partial charge in [0.05, 0.1) is 25.9 Å². The van der Waals surface area contributed by atoms with Crippen molar-refractivity contribution in [1.82, 2.24) is 0 Å². The van der Waals surface area contributed by atoms with Crippen LogP contribution < -0.4 is 0 Å². The van der Waals surface area contributed by atoms with Crippen LogP contribution in [-0.4, -0.2) is 25.9 Å². The molecule has 0 aromatic rings. The third kappa shape index (κ3) is 5.27. The largest absolute Gasteiger partial charge is 0.376 e. The molecule has 1 rings (SSSR count). The number of ether oxygens (including phenoxy) is 2. The van der Waals surface area contributed by atoms with Crippen LogP contribution in [0.4, 0.5) is 0 Å². The number of hydrogen-bond acceptors (Lipinski definition) is 2. The molecule has 0 radical (unpaired) electrons. The Balaban J connectivity index is 1.86. The van der Waals surface area contributed by atoms with Crippen LogP contribution in [0.2, 0.25) is 0 Å². The van der Waals surface area contributed by atoms with E-state index in [2.05, 4.69) is 6.92 Å². The summed E-state index contributed by atoms with van der Waals surface area (Å²) in [5.74, 6) is 0. The van der Waals surface area contributed by atoms with Crippen molar-refractivity contribution >= 4 is 0 Å². The zero-order valence-corrected chi connectivity index (χ0v) is 8.76. The molecular formula is C11H22O2. The Morgan fingerprint density at radius 1 is 1.08 bits per heavy atom. The monoisotopic (exact) mass is 186 g/mol. The fourth-order valence-corrected chi connectivity index (χ4v) is 1.68. The Bertz CT molecular complexity index is 109. The summed E-state index contributed by atoms with van der Waals surface area (Å²) in [7, 11) is 0. The summed E-state index contributed by atoms with van der Waals surface area (Å²) in [6, 6.07) is 0. The van der Waals surface area contributed by atoms with E-state index in [1.165, 1.54) is 38.5 Å². The number of rotatable bonds is 6. The van der Waals surface area contributed by atoms with Crippen LogP contribution in [-0.2, 0) is 9.47 Å². The third-order valence-corrected chi connectivity index (χ3v) is 2.51. The molecule has 0 aromatic carbocycles. The van der Waals surface area contributed by atoms with E-state index in [0.717, 1.165) is 19.8 Å². The van der Waals surface area contributed by atoms with Gasteiger partial charge in [0.25, 0.3) is 0 Å². The molecule has 2 heteroatoms. The summed E-state index contributed by atoms with van der Waals surface area (Å²) in [5.41, 5.74) is 0. The first kappa shape index (κ1) is 11.0. The first-order chi connectivity index (χ1) is 6.43. The van der Waals surface area contributed by atoms with Gasteiger partial charge in [-0.15, -0.1) is 0 Å². The lowest BCUT2D eigenvalue weighted by atomic mass is 10.1. The molecule has 0 N–H and O–H groups in total. The molecule has 0 saturated carbocycles. The molecular weight excluding hydrogens is 164 g/mol. The van der Waals surface area contributed by atoms with Crippen molar-refractivity contribution in [3.8, 4) is 0 Å². The summed E-state index contributed by atoms with van der Waals surface area (Å²) in [4.78, 5) is 0. The maximum absolute atomic E-state index is 5.56. The summed E-state index contributed by atoms with van der Waals surface area (Å²) in [6.45, 7) is 4.64. The van der Waals surface area contributed by atoms with Crippen molar-refractivity contribution in [2.45, 2.75) is 51.6 Å². The van der Waals surface area contributed by atoms with Gasteiger partial charge in [-0.05, 0) is 6.42 Å². The smallest absolute Gasteiger partial charge is 0.0809 e. The minimum absolute atomic E-state index is 0.385. The van der Waals surface area contributed by atoms with Crippen molar-refractivity contribution in [3.63, 3.8) is 0 Å². The highest BCUT2D eigenvalue weighted by Crippen LogP contribution is 2.11. The van der Waals surface area contributed by atoms with E-state index in [1.54, 1.807) is 0 Å². The van der Waals surface area contributed by atoms with E-state index in [1.807, 2.05) is 0 Å². The Labute approximate surface area is 81.6 Å². The van der Waals surface area contributed by atoms with Crippen molar-refractivity contribution in [3.05, 3.63) is 0 Å². The molecule has 2 nitrogen and oxygen atoms in total. The van der Waals surface area contributed by atoms with Gasteiger partial charge in [-0.1, -0.05) is 39.0 Å². The maximum atomic E-state index is 5.56. The Hall–Kier alpha value is -0.0800. The van der Waals surface area contributed by atoms with Crippen LogP contribution in [0.3, 0.4) is 0 Å². The molecule has 1 aliphatic heterocycles. The number of unbranched alkanes of at least 4 members (excludes halogenated alkanes) is 4. The van der Waals surface area contributed by atoms with Gasteiger partial charge in [0.2, 0.25) is 0 Å². The van der Waals surface area contributed by atoms with Crippen molar-refractivity contribution in [2.24, 2.45) is 0 Å². The molecule has 1 unspecified atom stereocenters. The van der Waals surface area contributed by atoms with E-state index in [-0.39, 0.29) is 0 Å². The second-order valence-corrected chi connectivity index (χ2v) is 3.77. The molecule has 0 spiro atoms. The summed E-state index contributed by atoms with van der Waals surface area (Å²) in [6.07, 6.45) is 8.30. The van der Waals surface area contributed by atoms with Crippen molar-refractivity contribution in [2.75, 3.05) is 19.8 Å². The molecule has 78 valence electrons. The normalized spacial score (nSPS) is 23.3. The van der Waals surface area contributed by atoms with Crippen molar-refractivity contribution < 1.29 is 9.47 Å². The Kier molecular flexibility index (Phi) is 6.21.